The summed E-state index contributed by atoms with van der Waals surface area (Å²) < 4.78 is 0. The highest BCUT2D eigenvalue weighted by molar-refractivity contribution is 5.73. The normalized spacial score (nSPS) is 11.1. The molecule has 1 heterocycles. The molecule has 0 atom stereocenters. The minimum atomic E-state index is 0.252. The molecule has 124 valence electrons. The number of hydrogen-bond acceptors (Lipinski definition) is 3. The van der Waals surface area contributed by atoms with Crippen LogP contribution in [0.2, 0.25) is 0 Å². The maximum atomic E-state index is 10.8. The molecule has 0 unspecified atom stereocenters. The van der Waals surface area contributed by atoms with Crippen LogP contribution in [-0.2, 0) is 12.8 Å². The molecule has 4 nitrogen and oxygen atoms in total. The SMILES string of the molecule is Cc1cc(CCc2ccccc2)c(O)c(-n2nc3ccccc3n2)c1. The van der Waals surface area contributed by atoms with Crippen molar-refractivity contribution in [3.8, 4) is 11.4 Å². The van der Waals surface area contributed by atoms with E-state index in [0.29, 0.717) is 5.69 Å². The van der Waals surface area contributed by atoms with Gasteiger partial charge in [-0.1, -0.05) is 48.5 Å². The molecule has 0 aliphatic heterocycles. The zero-order valence-electron chi connectivity index (χ0n) is 14.1. The lowest BCUT2D eigenvalue weighted by Crippen LogP contribution is -2.02. The van der Waals surface area contributed by atoms with E-state index in [0.717, 1.165) is 35.0 Å². The number of hydrogen-bond donors (Lipinski definition) is 1. The number of aromatic hydroxyl groups is 1. The van der Waals surface area contributed by atoms with Gasteiger partial charge in [-0.15, -0.1) is 15.0 Å². The van der Waals surface area contributed by atoms with Crippen molar-refractivity contribution in [3.63, 3.8) is 0 Å². The van der Waals surface area contributed by atoms with Crippen molar-refractivity contribution >= 4 is 11.0 Å². The zero-order valence-corrected chi connectivity index (χ0v) is 14.1. The third-order valence-electron chi connectivity index (χ3n) is 4.34. The second-order valence-corrected chi connectivity index (χ2v) is 6.26. The molecule has 0 saturated heterocycles. The van der Waals surface area contributed by atoms with Gasteiger partial charge in [-0.2, -0.15) is 0 Å². The Bertz CT molecular complexity index is 989. The monoisotopic (exact) mass is 329 g/mol. The summed E-state index contributed by atoms with van der Waals surface area (Å²) in [5.74, 6) is 0.252. The van der Waals surface area contributed by atoms with Crippen LogP contribution in [0.3, 0.4) is 0 Å². The molecule has 0 fully saturated rings. The third-order valence-corrected chi connectivity index (χ3v) is 4.34. The van der Waals surface area contributed by atoms with Gasteiger partial charge in [0, 0.05) is 0 Å². The molecule has 4 rings (SSSR count). The van der Waals surface area contributed by atoms with Gasteiger partial charge in [0.25, 0.3) is 0 Å². The van der Waals surface area contributed by atoms with E-state index in [4.69, 9.17) is 0 Å². The fourth-order valence-corrected chi connectivity index (χ4v) is 3.07. The van der Waals surface area contributed by atoms with Crippen LogP contribution in [0.5, 0.6) is 5.75 Å². The highest BCUT2D eigenvalue weighted by atomic mass is 16.3. The minimum Gasteiger partial charge on any atom is -0.505 e. The molecule has 0 spiro atoms. The quantitative estimate of drug-likeness (QED) is 0.610. The average Bonchev–Trinajstić information content (AvgIpc) is 3.07. The van der Waals surface area contributed by atoms with Crippen molar-refractivity contribution in [2.24, 2.45) is 0 Å². The molecule has 0 aliphatic rings. The number of nitrogens with zero attached hydrogens (tertiary/aromatic N) is 3. The lowest BCUT2D eigenvalue weighted by Gasteiger charge is -2.11. The Labute approximate surface area is 146 Å². The summed E-state index contributed by atoms with van der Waals surface area (Å²) in [5.41, 5.74) is 5.51. The molecule has 1 aromatic heterocycles. The third kappa shape index (κ3) is 3.11. The van der Waals surface area contributed by atoms with E-state index in [2.05, 4.69) is 22.3 Å². The van der Waals surface area contributed by atoms with Gasteiger partial charge < -0.3 is 5.11 Å². The highest BCUT2D eigenvalue weighted by Crippen LogP contribution is 2.29. The largest absolute Gasteiger partial charge is 0.505 e. The molecule has 0 saturated carbocycles. The molecule has 0 radical (unpaired) electrons. The first-order valence-corrected chi connectivity index (χ1v) is 8.39. The molecular formula is C21H19N3O. The maximum Gasteiger partial charge on any atom is 0.146 e. The Morgan fingerprint density at radius 1 is 0.840 bits per heavy atom. The predicted molar refractivity (Wildman–Crippen MR) is 99.1 cm³/mol. The van der Waals surface area contributed by atoms with Crippen LogP contribution in [0.1, 0.15) is 16.7 Å². The number of phenols is 1. The van der Waals surface area contributed by atoms with E-state index in [1.54, 1.807) is 0 Å². The van der Waals surface area contributed by atoms with E-state index < -0.39 is 0 Å². The summed E-state index contributed by atoms with van der Waals surface area (Å²) in [5, 5.41) is 19.7. The summed E-state index contributed by atoms with van der Waals surface area (Å²) in [7, 11) is 0. The van der Waals surface area contributed by atoms with Crippen molar-refractivity contribution < 1.29 is 5.11 Å². The number of phenolic OH excluding ortho intramolecular Hbond substituents is 1. The van der Waals surface area contributed by atoms with E-state index in [9.17, 15) is 5.11 Å². The fourth-order valence-electron chi connectivity index (χ4n) is 3.07. The number of aromatic nitrogens is 3. The Hall–Kier alpha value is -3.14. The van der Waals surface area contributed by atoms with Gasteiger partial charge in [0.05, 0.1) is 0 Å². The lowest BCUT2D eigenvalue weighted by atomic mass is 10.0. The molecule has 3 aromatic carbocycles. The van der Waals surface area contributed by atoms with Crippen molar-refractivity contribution in [3.05, 3.63) is 83.4 Å². The Morgan fingerprint density at radius 2 is 1.48 bits per heavy atom. The molecule has 1 N–H and O–H groups in total. The summed E-state index contributed by atoms with van der Waals surface area (Å²) in [4.78, 5) is 1.53. The van der Waals surface area contributed by atoms with Gasteiger partial charge in [0.1, 0.15) is 22.5 Å². The molecule has 0 bridgehead atoms. The number of rotatable bonds is 4. The molecule has 25 heavy (non-hydrogen) atoms. The number of benzene rings is 3. The summed E-state index contributed by atoms with van der Waals surface area (Å²) in [6.07, 6.45) is 1.65. The van der Waals surface area contributed by atoms with Crippen molar-refractivity contribution in [2.75, 3.05) is 0 Å². The Balaban J connectivity index is 1.70. The van der Waals surface area contributed by atoms with Crippen molar-refractivity contribution in [1.82, 2.24) is 15.0 Å². The fraction of sp³-hybridized carbons (Fsp3) is 0.143. The van der Waals surface area contributed by atoms with Crippen LogP contribution in [0.4, 0.5) is 0 Å². The molecule has 0 amide bonds. The first-order valence-electron chi connectivity index (χ1n) is 8.39. The first-order chi connectivity index (χ1) is 12.2. The van der Waals surface area contributed by atoms with Crippen molar-refractivity contribution in [1.29, 1.82) is 0 Å². The first kappa shape index (κ1) is 15.4. The van der Waals surface area contributed by atoms with Crippen LogP contribution in [-0.4, -0.2) is 20.1 Å². The number of aryl methyl sites for hydroxylation is 3. The van der Waals surface area contributed by atoms with E-state index in [1.807, 2.05) is 61.5 Å². The van der Waals surface area contributed by atoms with Crippen LogP contribution in [0.25, 0.3) is 16.7 Å². The topological polar surface area (TPSA) is 50.9 Å². The minimum absolute atomic E-state index is 0.252. The predicted octanol–water partition coefficient (Wildman–Crippen LogP) is 4.22. The standard InChI is InChI=1S/C21H19N3O/c1-15-13-17(12-11-16-7-3-2-4-8-16)21(25)20(14-15)24-22-18-9-5-6-10-19(18)23-24/h2-10,13-14,25H,11-12H2,1H3. The van der Waals surface area contributed by atoms with Gasteiger partial charge in [0.2, 0.25) is 0 Å². The average molecular weight is 329 g/mol. The van der Waals surface area contributed by atoms with E-state index in [-0.39, 0.29) is 5.75 Å². The Kier molecular flexibility index (Phi) is 3.94. The molecule has 4 heteroatoms. The molecule has 4 aromatic rings. The summed E-state index contributed by atoms with van der Waals surface area (Å²) >= 11 is 0. The van der Waals surface area contributed by atoms with Gasteiger partial charge in [-0.05, 0) is 54.7 Å². The maximum absolute atomic E-state index is 10.8. The van der Waals surface area contributed by atoms with Gasteiger partial charge in [0.15, 0.2) is 0 Å². The van der Waals surface area contributed by atoms with Crippen LogP contribution >= 0.6 is 0 Å². The van der Waals surface area contributed by atoms with Crippen LogP contribution in [0, 0.1) is 6.92 Å². The zero-order chi connectivity index (χ0) is 17.2. The highest BCUT2D eigenvalue weighted by Gasteiger charge is 2.13. The second-order valence-electron chi connectivity index (χ2n) is 6.26. The van der Waals surface area contributed by atoms with Gasteiger partial charge in [-0.3, -0.25) is 0 Å². The summed E-state index contributed by atoms with van der Waals surface area (Å²) in [6.45, 7) is 2.03. The van der Waals surface area contributed by atoms with Gasteiger partial charge >= 0.3 is 0 Å². The van der Waals surface area contributed by atoms with E-state index in [1.165, 1.54) is 10.4 Å². The number of fused-ring (bicyclic) bond motifs is 1. The second kappa shape index (κ2) is 6.40. The van der Waals surface area contributed by atoms with Crippen molar-refractivity contribution in [2.45, 2.75) is 19.8 Å². The lowest BCUT2D eigenvalue weighted by molar-refractivity contribution is 0.460. The van der Waals surface area contributed by atoms with Crippen LogP contribution in [0.15, 0.2) is 66.7 Å². The molecule has 0 aliphatic carbocycles. The Morgan fingerprint density at radius 3 is 2.16 bits per heavy atom. The molecular weight excluding hydrogens is 310 g/mol. The van der Waals surface area contributed by atoms with Crippen LogP contribution < -0.4 is 0 Å². The summed E-state index contributed by atoms with van der Waals surface area (Å²) in [6, 6.07) is 22.0. The smallest absolute Gasteiger partial charge is 0.146 e. The van der Waals surface area contributed by atoms with Gasteiger partial charge in [-0.25, -0.2) is 0 Å². The van der Waals surface area contributed by atoms with E-state index >= 15 is 0 Å².